The smallest absolute Gasteiger partial charge is 0.165 e. The standard InChI is InChI=1S/C6H5BrClNO.ClH/c7-4-1-2-6(10-9)5(8)3-4;/h1-3H,9H2;1H. The number of halogens is 3. The molecule has 1 aromatic carbocycles. The molecule has 0 spiro atoms. The van der Waals surface area contributed by atoms with Crippen molar-refractivity contribution in [3.8, 4) is 5.75 Å². The lowest BCUT2D eigenvalue weighted by Crippen LogP contribution is -2.01. The molecule has 0 amide bonds. The van der Waals surface area contributed by atoms with Crippen LogP contribution in [0.3, 0.4) is 0 Å². The van der Waals surface area contributed by atoms with Crippen molar-refractivity contribution in [3.05, 3.63) is 27.7 Å². The second-order valence-electron chi connectivity index (χ2n) is 1.69. The zero-order valence-corrected chi connectivity index (χ0v) is 8.54. The Bertz CT molecular complexity index is 244. The first-order valence-corrected chi connectivity index (χ1v) is 3.73. The Morgan fingerprint density at radius 3 is 2.55 bits per heavy atom. The van der Waals surface area contributed by atoms with Crippen LogP contribution < -0.4 is 10.7 Å². The van der Waals surface area contributed by atoms with E-state index in [2.05, 4.69) is 20.8 Å². The van der Waals surface area contributed by atoms with Crippen LogP contribution in [0.25, 0.3) is 0 Å². The lowest BCUT2D eigenvalue weighted by Gasteiger charge is -1.99. The second kappa shape index (κ2) is 4.83. The quantitative estimate of drug-likeness (QED) is 0.787. The van der Waals surface area contributed by atoms with Crippen molar-refractivity contribution in [2.45, 2.75) is 0 Å². The average Bonchev–Trinajstić information content (AvgIpc) is 1.88. The number of hydrogen-bond acceptors (Lipinski definition) is 2. The molecule has 1 aromatic rings. The molecule has 1 rings (SSSR count). The minimum absolute atomic E-state index is 0. The molecule has 11 heavy (non-hydrogen) atoms. The van der Waals surface area contributed by atoms with Gasteiger partial charge in [0, 0.05) is 4.47 Å². The first-order valence-electron chi connectivity index (χ1n) is 2.56. The molecule has 0 saturated carbocycles. The SMILES string of the molecule is Cl.NOc1ccc(Br)cc1Cl. The minimum atomic E-state index is 0. The van der Waals surface area contributed by atoms with Crippen molar-refractivity contribution in [2.75, 3.05) is 0 Å². The van der Waals surface area contributed by atoms with Crippen molar-refractivity contribution in [2.24, 2.45) is 5.90 Å². The topological polar surface area (TPSA) is 35.2 Å². The van der Waals surface area contributed by atoms with Gasteiger partial charge in [-0.25, -0.2) is 0 Å². The van der Waals surface area contributed by atoms with Gasteiger partial charge in [-0.05, 0) is 18.2 Å². The van der Waals surface area contributed by atoms with Crippen LogP contribution >= 0.6 is 39.9 Å². The molecular weight excluding hydrogens is 253 g/mol. The molecule has 62 valence electrons. The fraction of sp³-hybridized carbons (Fsp3) is 0. The Morgan fingerprint density at radius 2 is 2.09 bits per heavy atom. The van der Waals surface area contributed by atoms with Crippen LogP contribution in [0.5, 0.6) is 5.75 Å². The van der Waals surface area contributed by atoms with Crippen LogP contribution in [0.4, 0.5) is 0 Å². The first kappa shape index (κ1) is 11.0. The Morgan fingerprint density at radius 1 is 1.45 bits per heavy atom. The van der Waals surface area contributed by atoms with Crippen molar-refractivity contribution < 1.29 is 4.84 Å². The van der Waals surface area contributed by atoms with E-state index in [0.29, 0.717) is 10.8 Å². The normalized spacial score (nSPS) is 8.64. The summed E-state index contributed by atoms with van der Waals surface area (Å²) in [5, 5.41) is 0.497. The van der Waals surface area contributed by atoms with Gasteiger partial charge in [-0.15, -0.1) is 12.4 Å². The van der Waals surface area contributed by atoms with Crippen LogP contribution in [0.1, 0.15) is 0 Å². The molecule has 0 radical (unpaired) electrons. The Hall–Kier alpha value is 0.0400. The molecule has 0 aliphatic heterocycles. The number of rotatable bonds is 1. The lowest BCUT2D eigenvalue weighted by atomic mass is 10.3. The zero-order valence-electron chi connectivity index (χ0n) is 5.38. The predicted octanol–water partition coefficient (Wildman–Crippen LogP) is 2.78. The molecule has 0 saturated heterocycles. The Labute approximate surface area is 84.2 Å². The van der Waals surface area contributed by atoms with E-state index in [1.165, 1.54) is 0 Å². The monoisotopic (exact) mass is 257 g/mol. The molecule has 0 fully saturated rings. The molecule has 0 aliphatic carbocycles. The highest BCUT2D eigenvalue weighted by Gasteiger charge is 1.98. The van der Waals surface area contributed by atoms with Gasteiger partial charge in [0.25, 0.3) is 0 Å². The predicted molar refractivity (Wildman–Crippen MR) is 51.2 cm³/mol. The van der Waals surface area contributed by atoms with Crippen molar-refractivity contribution in [1.82, 2.24) is 0 Å². The van der Waals surface area contributed by atoms with Gasteiger partial charge in [-0.1, -0.05) is 27.5 Å². The number of benzene rings is 1. The fourth-order valence-electron chi connectivity index (χ4n) is 0.571. The summed E-state index contributed by atoms with van der Waals surface area (Å²) in [7, 11) is 0. The maximum Gasteiger partial charge on any atom is 0.165 e. The fourth-order valence-corrected chi connectivity index (χ4v) is 1.29. The van der Waals surface area contributed by atoms with Crippen LogP contribution in [-0.4, -0.2) is 0 Å². The van der Waals surface area contributed by atoms with Gasteiger partial charge in [-0.2, -0.15) is 5.90 Å². The summed E-state index contributed by atoms with van der Waals surface area (Å²) >= 11 is 8.94. The van der Waals surface area contributed by atoms with E-state index in [9.17, 15) is 0 Å². The van der Waals surface area contributed by atoms with Crippen molar-refractivity contribution >= 4 is 39.9 Å². The van der Waals surface area contributed by atoms with E-state index < -0.39 is 0 Å². The Kier molecular flexibility index (Phi) is 4.84. The minimum Gasteiger partial charge on any atom is -0.410 e. The third-order valence-corrected chi connectivity index (χ3v) is 1.81. The summed E-state index contributed by atoms with van der Waals surface area (Å²) in [6.07, 6.45) is 0. The first-order chi connectivity index (χ1) is 4.74. The van der Waals surface area contributed by atoms with Crippen molar-refractivity contribution in [3.63, 3.8) is 0 Å². The molecule has 0 atom stereocenters. The summed E-state index contributed by atoms with van der Waals surface area (Å²) in [4.78, 5) is 4.45. The van der Waals surface area contributed by atoms with E-state index in [0.717, 1.165) is 4.47 Å². The van der Waals surface area contributed by atoms with Crippen LogP contribution in [0.2, 0.25) is 5.02 Å². The molecule has 0 aromatic heterocycles. The van der Waals surface area contributed by atoms with Gasteiger partial charge in [0.15, 0.2) is 5.75 Å². The zero-order chi connectivity index (χ0) is 7.56. The largest absolute Gasteiger partial charge is 0.410 e. The summed E-state index contributed by atoms with van der Waals surface area (Å²) < 4.78 is 0.901. The molecule has 2 nitrogen and oxygen atoms in total. The summed E-state index contributed by atoms with van der Waals surface area (Å²) in [5.41, 5.74) is 0. The molecule has 0 heterocycles. The van der Waals surface area contributed by atoms with Gasteiger partial charge >= 0.3 is 0 Å². The Balaban J connectivity index is 0.000001000. The molecule has 0 aliphatic rings. The van der Waals surface area contributed by atoms with E-state index in [4.69, 9.17) is 17.5 Å². The van der Waals surface area contributed by atoms with Crippen LogP contribution in [-0.2, 0) is 0 Å². The maximum atomic E-state index is 5.69. The maximum absolute atomic E-state index is 5.69. The van der Waals surface area contributed by atoms with Gasteiger partial charge < -0.3 is 4.84 Å². The highest BCUT2D eigenvalue weighted by molar-refractivity contribution is 9.10. The van der Waals surface area contributed by atoms with Gasteiger partial charge in [0.1, 0.15) is 0 Å². The number of nitrogens with two attached hydrogens (primary N) is 1. The van der Waals surface area contributed by atoms with Gasteiger partial charge in [-0.3, -0.25) is 0 Å². The number of hydrogen-bond donors (Lipinski definition) is 1. The highest BCUT2D eigenvalue weighted by Crippen LogP contribution is 2.26. The highest BCUT2D eigenvalue weighted by atomic mass is 79.9. The van der Waals surface area contributed by atoms with E-state index in [1.54, 1.807) is 18.2 Å². The third-order valence-electron chi connectivity index (χ3n) is 1.02. The summed E-state index contributed by atoms with van der Waals surface area (Å²) in [5.74, 6) is 5.38. The molecule has 5 heteroatoms. The second-order valence-corrected chi connectivity index (χ2v) is 3.02. The molecular formula is C6H6BrCl2NO. The summed E-state index contributed by atoms with van der Waals surface area (Å²) in [6.45, 7) is 0. The lowest BCUT2D eigenvalue weighted by molar-refractivity contribution is 0.334. The van der Waals surface area contributed by atoms with E-state index in [-0.39, 0.29) is 12.4 Å². The molecule has 0 bridgehead atoms. The summed E-state index contributed by atoms with van der Waals surface area (Å²) in [6, 6.07) is 5.20. The van der Waals surface area contributed by atoms with Crippen LogP contribution in [0, 0.1) is 0 Å². The van der Waals surface area contributed by atoms with E-state index in [1.807, 2.05) is 0 Å². The van der Waals surface area contributed by atoms with E-state index >= 15 is 0 Å². The third kappa shape index (κ3) is 2.87. The van der Waals surface area contributed by atoms with Crippen molar-refractivity contribution in [1.29, 1.82) is 0 Å². The molecule has 2 N–H and O–H groups in total. The van der Waals surface area contributed by atoms with Crippen LogP contribution in [0.15, 0.2) is 22.7 Å². The van der Waals surface area contributed by atoms with Gasteiger partial charge in [0.05, 0.1) is 5.02 Å². The van der Waals surface area contributed by atoms with Gasteiger partial charge in [0.2, 0.25) is 0 Å². The molecule has 0 unspecified atom stereocenters. The average molecular weight is 259 g/mol.